The number of hydrogen-bond acceptors (Lipinski definition) is 2. The predicted octanol–water partition coefficient (Wildman–Crippen LogP) is 5.18. The third-order valence-corrected chi connectivity index (χ3v) is 4.50. The molecule has 0 aromatic heterocycles. The van der Waals surface area contributed by atoms with Crippen LogP contribution in [-0.4, -0.2) is 13.2 Å². The molecule has 0 radical (unpaired) electrons. The second kappa shape index (κ2) is 8.68. The smallest absolute Gasteiger partial charge is 0.120 e. The van der Waals surface area contributed by atoms with Gasteiger partial charge in [-0.3, -0.25) is 0 Å². The van der Waals surface area contributed by atoms with Crippen molar-refractivity contribution in [3.05, 3.63) is 28.2 Å². The molecule has 0 aliphatic carbocycles. The first-order chi connectivity index (χ1) is 9.51. The first kappa shape index (κ1) is 17.5. The summed E-state index contributed by atoms with van der Waals surface area (Å²) >= 11 is 3.71. The molecule has 0 heterocycles. The van der Waals surface area contributed by atoms with Gasteiger partial charge >= 0.3 is 0 Å². The lowest BCUT2D eigenvalue weighted by molar-refractivity contribution is 0.302. The van der Waals surface area contributed by atoms with Crippen molar-refractivity contribution in [2.24, 2.45) is 11.8 Å². The monoisotopic (exact) mass is 341 g/mol. The van der Waals surface area contributed by atoms with Gasteiger partial charge in [0.05, 0.1) is 6.61 Å². The molecule has 1 aromatic carbocycles. The Morgan fingerprint density at radius 1 is 1.20 bits per heavy atom. The van der Waals surface area contributed by atoms with Crippen molar-refractivity contribution in [1.29, 1.82) is 0 Å². The fourth-order valence-electron chi connectivity index (χ4n) is 2.28. The van der Waals surface area contributed by atoms with Gasteiger partial charge in [-0.05, 0) is 49.4 Å². The van der Waals surface area contributed by atoms with Crippen LogP contribution < -0.4 is 10.1 Å². The average Bonchev–Trinajstić information content (AvgIpc) is 2.41. The topological polar surface area (TPSA) is 21.3 Å². The summed E-state index contributed by atoms with van der Waals surface area (Å²) in [6.45, 7) is 12.8. The second-order valence-electron chi connectivity index (χ2n) is 5.65. The van der Waals surface area contributed by atoms with Gasteiger partial charge in [0.25, 0.3) is 0 Å². The predicted molar refractivity (Wildman–Crippen MR) is 90.3 cm³/mol. The maximum absolute atomic E-state index is 5.56. The molecule has 0 bridgehead atoms. The van der Waals surface area contributed by atoms with E-state index in [-0.39, 0.29) is 0 Å². The summed E-state index contributed by atoms with van der Waals surface area (Å²) in [7, 11) is 0. The van der Waals surface area contributed by atoms with Crippen LogP contribution in [0.3, 0.4) is 0 Å². The first-order valence-corrected chi connectivity index (χ1v) is 8.46. The number of nitrogens with one attached hydrogen (secondary N) is 1. The largest absolute Gasteiger partial charge is 0.494 e. The Morgan fingerprint density at radius 3 is 2.40 bits per heavy atom. The minimum Gasteiger partial charge on any atom is -0.494 e. The van der Waals surface area contributed by atoms with Crippen molar-refractivity contribution in [3.63, 3.8) is 0 Å². The summed E-state index contributed by atoms with van der Waals surface area (Å²) in [6, 6.07) is 6.70. The van der Waals surface area contributed by atoms with E-state index in [9.17, 15) is 0 Å². The lowest BCUT2D eigenvalue weighted by atomic mass is 9.86. The van der Waals surface area contributed by atoms with Gasteiger partial charge in [-0.2, -0.15) is 0 Å². The van der Waals surface area contributed by atoms with Gasteiger partial charge in [-0.25, -0.2) is 0 Å². The van der Waals surface area contributed by atoms with Crippen LogP contribution in [0.1, 0.15) is 52.6 Å². The molecule has 0 spiro atoms. The molecule has 114 valence electrons. The maximum atomic E-state index is 5.56. The minimum absolute atomic E-state index is 0.375. The van der Waals surface area contributed by atoms with Crippen LogP contribution in [-0.2, 0) is 0 Å². The SMILES string of the molecule is CCCNC(c1ccc(OCC)cc1Br)C(C)C(C)C. The summed E-state index contributed by atoms with van der Waals surface area (Å²) in [5.41, 5.74) is 1.32. The van der Waals surface area contributed by atoms with E-state index in [4.69, 9.17) is 4.74 Å². The number of benzene rings is 1. The summed E-state index contributed by atoms with van der Waals surface area (Å²) in [4.78, 5) is 0. The van der Waals surface area contributed by atoms with Gasteiger partial charge in [0.15, 0.2) is 0 Å². The van der Waals surface area contributed by atoms with Crippen LogP contribution in [0.5, 0.6) is 5.75 Å². The normalized spacial score (nSPS) is 14.3. The fourth-order valence-corrected chi connectivity index (χ4v) is 2.88. The van der Waals surface area contributed by atoms with Crippen LogP contribution in [0, 0.1) is 11.8 Å². The highest BCUT2D eigenvalue weighted by molar-refractivity contribution is 9.10. The summed E-state index contributed by atoms with van der Waals surface area (Å²) in [6.07, 6.45) is 1.15. The first-order valence-electron chi connectivity index (χ1n) is 7.66. The quantitative estimate of drug-likeness (QED) is 0.703. The summed E-state index contributed by atoms with van der Waals surface area (Å²) < 4.78 is 6.69. The Labute approximate surface area is 132 Å². The van der Waals surface area contributed by atoms with E-state index in [0.29, 0.717) is 24.5 Å². The second-order valence-corrected chi connectivity index (χ2v) is 6.51. The van der Waals surface area contributed by atoms with E-state index in [1.165, 1.54) is 5.56 Å². The number of ether oxygens (including phenoxy) is 1. The Balaban J connectivity index is 3.00. The fraction of sp³-hybridized carbons (Fsp3) is 0.647. The molecule has 2 unspecified atom stereocenters. The zero-order chi connectivity index (χ0) is 15.1. The molecule has 0 fully saturated rings. The van der Waals surface area contributed by atoms with Gasteiger partial charge in [0.1, 0.15) is 5.75 Å². The molecule has 3 heteroatoms. The van der Waals surface area contributed by atoms with Crippen LogP contribution in [0.25, 0.3) is 0 Å². The lowest BCUT2D eigenvalue weighted by Gasteiger charge is -2.29. The zero-order valence-corrected chi connectivity index (χ0v) is 15.0. The molecular formula is C17H28BrNO. The Morgan fingerprint density at radius 2 is 1.90 bits per heavy atom. The molecule has 1 rings (SSSR count). The molecule has 20 heavy (non-hydrogen) atoms. The molecule has 0 saturated heterocycles. The van der Waals surface area contributed by atoms with Gasteiger partial charge in [0, 0.05) is 10.5 Å². The lowest BCUT2D eigenvalue weighted by Crippen LogP contribution is -2.30. The van der Waals surface area contributed by atoms with Gasteiger partial charge in [-0.1, -0.05) is 49.7 Å². The van der Waals surface area contributed by atoms with Crippen molar-refractivity contribution >= 4 is 15.9 Å². The van der Waals surface area contributed by atoms with Crippen molar-refractivity contribution in [3.8, 4) is 5.75 Å². The summed E-state index contributed by atoms with van der Waals surface area (Å²) in [5.74, 6) is 2.15. The molecule has 0 saturated carbocycles. The maximum Gasteiger partial charge on any atom is 0.120 e. The van der Waals surface area contributed by atoms with Crippen LogP contribution >= 0.6 is 15.9 Å². The molecule has 0 amide bonds. The molecule has 2 nitrogen and oxygen atoms in total. The van der Waals surface area contributed by atoms with Gasteiger partial charge < -0.3 is 10.1 Å². The van der Waals surface area contributed by atoms with Crippen molar-refractivity contribution in [1.82, 2.24) is 5.32 Å². The summed E-state index contributed by atoms with van der Waals surface area (Å²) in [5, 5.41) is 3.69. The van der Waals surface area contributed by atoms with Crippen molar-refractivity contribution in [2.75, 3.05) is 13.2 Å². The van der Waals surface area contributed by atoms with Crippen molar-refractivity contribution < 1.29 is 4.74 Å². The van der Waals surface area contributed by atoms with E-state index in [0.717, 1.165) is 23.2 Å². The molecule has 2 atom stereocenters. The van der Waals surface area contributed by atoms with E-state index in [2.05, 4.69) is 67.1 Å². The van der Waals surface area contributed by atoms with Crippen LogP contribution in [0.4, 0.5) is 0 Å². The Kier molecular flexibility index (Phi) is 7.60. The highest BCUT2D eigenvalue weighted by atomic mass is 79.9. The van der Waals surface area contributed by atoms with Crippen molar-refractivity contribution in [2.45, 2.75) is 47.1 Å². The van der Waals surface area contributed by atoms with Crippen LogP contribution in [0.2, 0.25) is 0 Å². The molecule has 1 aromatic rings. The molecule has 1 N–H and O–H groups in total. The highest BCUT2D eigenvalue weighted by Crippen LogP contribution is 2.34. The van der Waals surface area contributed by atoms with E-state index >= 15 is 0 Å². The molecule has 0 aliphatic rings. The van der Waals surface area contributed by atoms with Gasteiger partial charge in [0.2, 0.25) is 0 Å². The van der Waals surface area contributed by atoms with Crippen LogP contribution in [0.15, 0.2) is 22.7 Å². The highest BCUT2D eigenvalue weighted by Gasteiger charge is 2.23. The average molecular weight is 342 g/mol. The van der Waals surface area contributed by atoms with Gasteiger partial charge in [-0.15, -0.1) is 0 Å². The van der Waals surface area contributed by atoms with E-state index < -0.39 is 0 Å². The molecule has 0 aliphatic heterocycles. The van der Waals surface area contributed by atoms with E-state index in [1.54, 1.807) is 0 Å². The molecular weight excluding hydrogens is 314 g/mol. The number of hydrogen-bond donors (Lipinski definition) is 1. The number of rotatable bonds is 8. The minimum atomic E-state index is 0.375. The zero-order valence-electron chi connectivity index (χ0n) is 13.4. The number of halogens is 1. The third kappa shape index (κ3) is 4.78. The Hall–Kier alpha value is -0.540. The third-order valence-electron chi connectivity index (χ3n) is 3.81. The van der Waals surface area contributed by atoms with E-state index in [1.807, 2.05) is 6.92 Å². The Bertz CT molecular complexity index is 406. The standard InChI is InChI=1S/C17H28BrNO/c1-6-10-19-17(13(5)12(3)4)15-9-8-14(20-7-2)11-16(15)18/h8-9,11-13,17,19H,6-7,10H2,1-5H3.